The lowest BCUT2D eigenvalue weighted by molar-refractivity contribution is -0.115. The Balaban J connectivity index is 2.00. The molecule has 2 aromatic rings. The van der Waals surface area contributed by atoms with Crippen LogP contribution in [0.2, 0.25) is 0 Å². The Kier molecular flexibility index (Phi) is 5.02. The number of carbonyl (C=O) groups is 1. The Morgan fingerprint density at radius 1 is 1.14 bits per heavy atom. The minimum Gasteiger partial charge on any atom is -0.325 e. The SMILES string of the molecule is Cc1ccc(SC(C)C(=O)Nc2ccc(F)cc2C)cc1. The molecule has 0 aromatic heterocycles. The number of halogens is 1. The van der Waals surface area contributed by atoms with Crippen LogP contribution in [0.25, 0.3) is 0 Å². The predicted molar refractivity (Wildman–Crippen MR) is 86.3 cm³/mol. The zero-order valence-electron chi connectivity index (χ0n) is 12.3. The summed E-state index contributed by atoms with van der Waals surface area (Å²) in [5, 5.41) is 2.62. The number of thioether (sulfide) groups is 1. The minimum absolute atomic E-state index is 0.0877. The first-order valence-electron chi connectivity index (χ1n) is 6.76. The maximum absolute atomic E-state index is 13.0. The van der Waals surface area contributed by atoms with Crippen LogP contribution >= 0.6 is 11.8 Å². The van der Waals surface area contributed by atoms with Gasteiger partial charge in [-0.2, -0.15) is 0 Å². The maximum Gasteiger partial charge on any atom is 0.237 e. The second-order valence-electron chi connectivity index (χ2n) is 5.02. The summed E-state index contributed by atoms with van der Waals surface area (Å²) >= 11 is 1.50. The van der Waals surface area contributed by atoms with Gasteiger partial charge in [0.2, 0.25) is 5.91 Å². The van der Waals surface area contributed by atoms with Crippen molar-refractivity contribution in [2.45, 2.75) is 30.9 Å². The monoisotopic (exact) mass is 303 g/mol. The van der Waals surface area contributed by atoms with Crippen molar-refractivity contribution in [3.63, 3.8) is 0 Å². The zero-order valence-corrected chi connectivity index (χ0v) is 13.1. The van der Waals surface area contributed by atoms with Gasteiger partial charge >= 0.3 is 0 Å². The molecule has 1 atom stereocenters. The topological polar surface area (TPSA) is 29.1 Å². The van der Waals surface area contributed by atoms with Crippen molar-refractivity contribution >= 4 is 23.4 Å². The van der Waals surface area contributed by atoms with E-state index in [0.717, 1.165) is 10.5 Å². The highest BCUT2D eigenvalue weighted by atomic mass is 32.2. The van der Waals surface area contributed by atoms with E-state index in [1.807, 2.05) is 38.1 Å². The van der Waals surface area contributed by atoms with E-state index in [-0.39, 0.29) is 17.0 Å². The third-order valence-corrected chi connectivity index (χ3v) is 4.26. The van der Waals surface area contributed by atoms with Crippen molar-refractivity contribution in [2.75, 3.05) is 5.32 Å². The molecule has 1 N–H and O–H groups in total. The van der Waals surface area contributed by atoms with E-state index in [9.17, 15) is 9.18 Å². The lowest BCUT2D eigenvalue weighted by Crippen LogP contribution is -2.22. The van der Waals surface area contributed by atoms with Crippen LogP contribution in [0.1, 0.15) is 18.1 Å². The summed E-state index contributed by atoms with van der Waals surface area (Å²) in [5.74, 6) is -0.386. The molecule has 1 unspecified atom stereocenters. The summed E-state index contributed by atoms with van der Waals surface area (Å²) in [6, 6.07) is 12.4. The fourth-order valence-electron chi connectivity index (χ4n) is 1.88. The molecule has 1 amide bonds. The molecule has 2 aromatic carbocycles. The largest absolute Gasteiger partial charge is 0.325 e. The van der Waals surface area contributed by atoms with Crippen LogP contribution in [0.5, 0.6) is 0 Å². The molecule has 0 spiro atoms. The molecule has 0 saturated heterocycles. The van der Waals surface area contributed by atoms with E-state index < -0.39 is 0 Å². The molecule has 0 fully saturated rings. The molecule has 2 rings (SSSR count). The summed E-state index contributed by atoms with van der Waals surface area (Å²) < 4.78 is 13.0. The van der Waals surface area contributed by atoms with Crippen molar-refractivity contribution in [3.8, 4) is 0 Å². The second-order valence-corrected chi connectivity index (χ2v) is 6.44. The smallest absolute Gasteiger partial charge is 0.237 e. The third kappa shape index (κ3) is 4.33. The Bertz CT molecular complexity index is 640. The summed E-state index contributed by atoms with van der Waals surface area (Å²) in [6.07, 6.45) is 0. The van der Waals surface area contributed by atoms with Gasteiger partial charge in [-0.25, -0.2) is 4.39 Å². The van der Waals surface area contributed by atoms with Crippen LogP contribution in [-0.4, -0.2) is 11.2 Å². The van der Waals surface area contributed by atoms with Gasteiger partial charge in [-0.15, -0.1) is 11.8 Å². The van der Waals surface area contributed by atoms with E-state index in [1.165, 1.54) is 29.5 Å². The lowest BCUT2D eigenvalue weighted by Gasteiger charge is -2.13. The number of anilines is 1. The van der Waals surface area contributed by atoms with Crippen molar-refractivity contribution in [2.24, 2.45) is 0 Å². The first-order valence-corrected chi connectivity index (χ1v) is 7.64. The number of benzene rings is 2. The number of nitrogens with one attached hydrogen (secondary N) is 1. The van der Waals surface area contributed by atoms with Crippen LogP contribution < -0.4 is 5.32 Å². The van der Waals surface area contributed by atoms with Crippen LogP contribution in [0.4, 0.5) is 10.1 Å². The molecular weight excluding hydrogens is 285 g/mol. The molecule has 0 bridgehead atoms. The van der Waals surface area contributed by atoms with Crippen molar-refractivity contribution in [1.82, 2.24) is 0 Å². The van der Waals surface area contributed by atoms with E-state index in [0.29, 0.717) is 5.69 Å². The van der Waals surface area contributed by atoms with Gasteiger partial charge in [0.25, 0.3) is 0 Å². The quantitative estimate of drug-likeness (QED) is 0.839. The molecule has 2 nitrogen and oxygen atoms in total. The molecule has 0 saturated carbocycles. The molecule has 0 heterocycles. The molecular formula is C17H18FNOS. The molecule has 0 aliphatic carbocycles. The van der Waals surface area contributed by atoms with Gasteiger partial charge in [0.05, 0.1) is 5.25 Å². The summed E-state index contributed by atoms with van der Waals surface area (Å²) in [6.45, 7) is 5.66. The van der Waals surface area contributed by atoms with E-state index >= 15 is 0 Å². The van der Waals surface area contributed by atoms with Crippen LogP contribution in [-0.2, 0) is 4.79 Å². The van der Waals surface area contributed by atoms with Gasteiger partial charge in [-0.3, -0.25) is 4.79 Å². The number of carbonyl (C=O) groups excluding carboxylic acids is 1. The Morgan fingerprint density at radius 3 is 2.43 bits per heavy atom. The van der Waals surface area contributed by atoms with Gasteiger partial charge in [0.1, 0.15) is 5.82 Å². The average Bonchev–Trinajstić information content (AvgIpc) is 2.44. The average molecular weight is 303 g/mol. The fourth-order valence-corrected chi connectivity index (χ4v) is 2.74. The van der Waals surface area contributed by atoms with Crippen LogP contribution in [0.15, 0.2) is 47.4 Å². The fraction of sp³-hybridized carbons (Fsp3) is 0.235. The Morgan fingerprint density at radius 2 is 1.81 bits per heavy atom. The van der Waals surface area contributed by atoms with E-state index in [4.69, 9.17) is 0 Å². The van der Waals surface area contributed by atoms with E-state index in [2.05, 4.69) is 5.32 Å². The molecule has 4 heteroatoms. The van der Waals surface area contributed by atoms with Crippen molar-refractivity contribution in [1.29, 1.82) is 0 Å². The minimum atomic E-state index is -0.299. The number of hydrogen-bond donors (Lipinski definition) is 1. The first kappa shape index (κ1) is 15.6. The van der Waals surface area contributed by atoms with Gasteiger partial charge in [0.15, 0.2) is 0 Å². The zero-order chi connectivity index (χ0) is 15.4. The van der Waals surface area contributed by atoms with Gasteiger partial charge in [-0.1, -0.05) is 17.7 Å². The summed E-state index contributed by atoms with van der Waals surface area (Å²) in [4.78, 5) is 13.2. The summed E-state index contributed by atoms with van der Waals surface area (Å²) in [7, 11) is 0. The van der Waals surface area contributed by atoms with Gasteiger partial charge in [0, 0.05) is 10.6 Å². The molecule has 0 aliphatic heterocycles. The second kappa shape index (κ2) is 6.76. The Labute approximate surface area is 128 Å². The van der Waals surface area contributed by atoms with Crippen molar-refractivity contribution in [3.05, 3.63) is 59.4 Å². The molecule has 21 heavy (non-hydrogen) atoms. The van der Waals surface area contributed by atoms with Crippen molar-refractivity contribution < 1.29 is 9.18 Å². The number of aryl methyl sites for hydroxylation is 2. The van der Waals surface area contributed by atoms with Gasteiger partial charge in [-0.05, 0) is 56.7 Å². The number of rotatable bonds is 4. The first-order chi connectivity index (χ1) is 9.95. The summed E-state index contributed by atoms with van der Waals surface area (Å²) in [5.41, 5.74) is 2.56. The third-order valence-electron chi connectivity index (χ3n) is 3.15. The number of amides is 1. The van der Waals surface area contributed by atoms with Gasteiger partial charge < -0.3 is 5.32 Å². The predicted octanol–water partition coefficient (Wildman–Crippen LogP) is 4.56. The standard InChI is InChI=1S/C17H18FNOS/c1-11-4-7-15(8-5-11)21-13(3)17(20)19-16-9-6-14(18)10-12(16)2/h4-10,13H,1-3H3,(H,19,20). The molecule has 110 valence electrons. The molecule has 0 radical (unpaired) electrons. The highest BCUT2D eigenvalue weighted by Gasteiger charge is 2.15. The maximum atomic E-state index is 13.0. The highest BCUT2D eigenvalue weighted by molar-refractivity contribution is 8.00. The van der Waals surface area contributed by atoms with E-state index in [1.54, 1.807) is 13.0 Å². The normalized spacial score (nSPS) is 12.0. The molecule has 0 aliphatic rings. The van der Waals surface area contributed by atoms with Crippen LogP contribution in [0, 0.1) is 19.7 Å². The number of hydrogen-bond acceptors (Lipinski definition) is 2. The Hall–Kier alpha value is -1.81. The highest BCUT2D eigenvalue weighted by Crippen LogP contribution is 2.25. The van der Waals surface area contributed by atoms with Crippen LogP contribution in [0.3, 0.4) is 0 Å². The lowest BCUT2D eigenvalue weighted by atomic mass is 10.2.